The van der Waals surface area contributed by atoms with Gasteiger partial charge in [-0.1, -0.05) is 24.3 Å². The lowest BCUT2D eigenvalue weighted by molar-refractivity contribution is -0.255. The van der Waals surface area contributed by atoms with Crippen molar-refractivity contribution in [3.8, 4) is 0 Å². The van der Waals surface area contributed by atoms with Gasteiger partial charge in [-0.25, -0.2) is 0 Å². The van der Waals surface area contributed by atoms with Gasteiger partial charge in [0.05, 0.1) is 12.2 Å². The van der Waals surface area contributed by atoms with E-state index in [1.165, 1.54) is 19.3 Å². The number of nitrogens with zero attached hydrogens (tertiary/aromatic N) is 2. The van der Waals surface area contributed by atoms with Crippen LogP contribution in [-0.2, 0) is 0 Å². The lowest BCUT2D eigenvalue weighted by Crippen LogP contribution is -2.39. The Morgan fingerprint density at radius 1 is 1.26 bits per heavy atom. The maximum absolute atomic E-state index is 10.7. The van der Waals surface area contributed by atoms with Crippen LogP contribution in [-0.4, -0.2) is 29.3 Å². The van der Waals surface area contributed by atoms with Crippen molar-refractivity contribution in [2.24, 2.45) is 5.10 Å². The topological polar surface area (TPSA) is 55.7 Å². The summed E-state index contributed by atoms with van der Waals surface area (Å²) >= 11 is 0. The molecule has 0 N–H and O–H groups in total. The summed E-state index contributed by atoms with van der Waals surface area (Å²) in [5, 5.41) is 17.3. The molecule has 1 saturated heterocycles. The molecule has 2 rings (SSSR count). The molecule has 0 amide bonds. The van der Waals surface area contributed by atoms with Crippen molar-refractivity contribution in [3.05, 3.63) is 35.4 Å². The Bertz CT molecular complexity index is 458. The van der Waals surface area contributed by atoms with Gasteiger partial charge in [0, 0.05) is 12.1 Å². The number of piperidine rings is 1. The van der Waals surface area contributed by atoms with Gasteiger partial charge in [-0.15, -0.1) is 0 Å². The van der Waals surface area contributed by atoms with E-state index in [2.05, 4.69) is 24.0 Å². The van der Waals surface area contributed by atoms with Gasteiger partial charge in [0.25, 0.3) is 0 Å². The van der Waals surface area contributed by atoms with E-state index < -0.39 is 5.97 Å². The summed E-state index contributed by atoms with van der Waals surface area (Å²) in [4.78, 5) is 10.7. The van der Waals surface area contributed by atoms with Crippen LogP contribution in [0.4, 0.5) is 0 Å². The predicted molar refractivity (Wildman–Crippen MR) is 73.0 cm³/mol. The van der Waals surface area contributed by atoms with E-state index in [-0.39, 0.29) is 5.56 Å². The first-order valence-electron chi connectivity index (χ1n) is 6.71. The van der Waals surface area contributed by atoms with Crippen molar-refractivity contribution < 1.29 is 9.90 Å². The third-order valence-electron chi connectivity index (χ3n) is 3.63. The molecule has 0 bridgehead atoms. The van der Waals surface area contributed by atoms with Gasteiger partial charge in [0.2, 0.25) is 0 Å². The smallest absolute Gasteiger partial charge is 0.0715 e. The van der Waals surface area contributed by atoms with Crippen molar-refractivity contribution in [1.82, 2.24) is 5.01 Å². The number of aromatic carboxylic acids is 1. The molecule has 1 aromatic carbocycles. The highest BCUT2D eigenvalue weighted by molar-refractivity contribution is 5.87. The zero-order valence-electron chi connectivity index (χ0n) is 11.4. The molecule has 102 valence electrons. The van der Waals surface area contributed by atoms with E-state index in [4.69, 9.17) is 0 Å². The van der Waals surface area contributed by atoms with Crippen LogP contribution < -0.4 is 5.11 Å². The molecule has 1 aliphatic heterocycles. The monoisotopic (exact) mass is 259 g/mol. The van der Waals surface area contributed by atoms with Gasteiger partial charge in [-0.05, 0) is 44.2 Å². The molecule has 0 unspecified atom stereocenters. The zero-order chi connectivity index (χ0) is 13.8. The van der Waals surface area contributed by atoms with Crippen LogP contribution in [0.2, 0.25) is 0 Å². The largest absolute Gasteiger partial charge is 0.545 e. The second-order valence-corrected chi connectivity index (χ2v) is 5.16. The number of benzene rings is 1. The molecular weight excluding hydrogens is 240 g/mol. The normalized spacial score (nSPS) is 23.8. The first-order chi connectivity index (χ1) is 9.08. The Balaban J connectivity index is 2.07. The third-order valence-corrected chi connectivity index (χ3v) is 3.63. The van der Waals surface area contributed by atoms with E-state index in [1.54, 1.807) is 30.5 Å². The Kier molecular flexibility index (Phi) is 4.20. The van der Waals surface area contributed by atoms with E-state index >= 15 is 0 Å². The highest BCUT2D eigenvalue weighted by atomic mass is 16.4. The van der Waals surface area contributed by atoms with Crippen molar-refractivity contribution in [2.75, 3.05) is 0 Å². The molecule has 19 heavy (non-hydrogen) atoms. The Labute approximate surface area is 113 Å². The molecule has 1 heterocycles. The van der Waals surface area contributed by atoms with Gasteiger partial charge < -0.3 is 9.90 Å². The van der Waals surface area contributed by atoms with Crippen molar-refractivity contribution >= 4 is 12.2 Å². The number of carboxylic acid groups (broad SMARTS) is 1. The minimum absolute atomic E-state index is 0.192. The van der Waals surface area contributed by atoms with Crippen LogP contribution >= 0.6 is 0 Å². The van der Waals surface area contributed by atoms with E-state index in [9.17, 15) is 9.90 Å². The van der Waals surface area contributed by atoms with Crippen molar-refractivity contribution in [3.63, 3.8) is 0 Å². The molecule has 1 aromatic rings. The molecule has 4 heteroatoms. The number of carbonyl (C=O) groups is 1. The molecule has 2 atom stereocenters. The molecule has 1 aliphatic rings. The second kappa shape index (κ2) is 5.87. The number of carboxylic acids is 1. The van der Waals surface area contributed by atoms with Crippen LogP contribution in [0, 0.1) is 0 Å². The van der Waals surface area contributed by atoms with Gasteiger partial charge >= 0.3 is 0 Å². The van der Waals surface area contributed by atoms with Crippen molar-refractivity contribution in [2.45, 2.75) is 45.2 Å². The highest BCUT2D eigenvalue weighted by Gasteiger charge is 2.22. The van der Waals surface area contributed by atoms with Gasteiger partial charge in [-0.3, -0.25) is 5.01 Å². The summed E-state index contributed by atoms with van der Waals surface area (Å²) in [5.41, 5.74) is 1.09. The third kappa shape index (κ3) is 3.34. The fraction of sp³-hybridized carbons (Fsp3) is 0.467. The maximum atomic E-state index is 10.7. The first-order valence-corrected chi connectivity index (χ1v) is 6.71. The van der Waals surface area contributed by atoms with Gasteiger partial charge in [0.15, 0.2) is 0 Å². The summed E-state index contributed by atoms with van der Waals surface area (Å²) in [6, 6.07) is 7.49. The van der Waals surface area contributed by atoms with Crippen LogP contribution in [0.15, 0.2) is 29.4 Å². The Morgan fingerprint density at radius 2 is 1.84 bits per heavy atom. The number of carbonyl (C=O) groups excluding carboxylic acids is 1. The van der Waals surface area contributed by atoms with Crippen molar-refractivity contribution in [1.29, 1.82) is 0 Å². The standard InChI is InChI=1S/C15H20N2O2/c1-11-4-3-5-12(2)17(11)16-10-13-6-8-14(9-7-13)15(18)19/h6-12H,3-5H2,1-2H3,(H,18,19)/p-1/b16-10-/t11-,12+. The summed E-state index contributed by atoms with van der Waals surface area (Å²) in [7, 11) is 0. The molecule has 0 radical (unpaired) electrons. The lowest BCUT2D eigenvalue weighted by atomic mass is 10.00. The predicted octanol–water partition coefficient (Wildman–Crippen LogP) is 1.65. The first kappa shape index (κ1) is 13.6. The zero-order valence-corrected chi connectivity index (χ0v) is 11.4. The number of hydrogen-bond acceptors (Lipinski definition) is 4. The van der Waals surface area contributed by atoms with Crippen LogP contribution in [0.3, 0.4) is 0 Å². The summed E-state index contributed by atoms with van der Waals surface area (Å²) < 4.78 is 0. The lowest BCUT2D eigenvalue weighted by Gasteiger charge is -2.36. The molecule has 4 nitrogen and oxygen atoms in total. The molecule has 0 aromatic heterocycles. The summed E-state index contributed by atoms with van der Waals surface area (Å²) in [6.07, 6.45) is 5.39. The molecule has 0 aliphatic carbocycles. The highest BCUT2D eigenvalue weighted by Crippen LogP contribution is 2.22. The fourth-order valence-corrected chi connectivity index (χ4v) is 2.47. The minimum Gasteiger partial charge on any atom is -0.545 e. The van der Waals surface area contributed by atoms with E-state index in [1.807, 2.05) is 0 Å². The fourth-order valence-electron chi connectivity index (χ4n) is 2.47. The summed E-state index contributed by atoms with van der Waals surface area (Å²) in [6.45, 7) is 4.37. The summed E-state index contributed by atoms with van der Waals surface area (Å²) in [5.74, 6) is -1.15. The van der Waals surface area contributed by atoms with Crippen LogP contribution in [0.1, 0.15) is 49.0 Å². The van der Waals surface area contributed by atoms with E-state index in [0.717, 1.165) is 5.56 Å². The molecular formula is C15H19N2O2-. The quantitative estimate of drug-likeness (QED) is 0.775. The number of rotatable bonds is 3. The number of hydrogen-bond donors (Lipinski definition) is 0. The SMILES string of the molecule is C[C@@H]1CCC[C@H](C)N1/N=C\c1ccc(C(=O)[O-])cc1. The molecule has 0 spiro atoms. The van der Waals surface area contributed by atoms with Gasteiger partial charge in [0.1, 0.15) is 0 Å². The van der Waals surface area contributed by atoms with Crippen LogP contribution in [0.5, 0.6) is 0 Å². The van der Waals surface area contributed by atoms with Gasteiger partial charge in [-0.2, -0.15) is 5.10 Å². The van der Waals surface area contributed by atoms with E-state index in [0.29, 0.717) is 12.1 Å². The Morgan fingerprint density at radius 3 is 2.37 bits per heavy atom. The Hall–Kier alpha value is -1.84. The second-order valence-electron chi connectivity index (χ2n) is 5.16. The maximum Gasteiger partial charge on any atom is 0.0715 e. The molecule has 1 fully saturated rings. The average molecular weight is 259 g/mol. The minimum atomic E-state index is -1.15. The number of hydrazone groups is 1. The van der Waals surface area contributed by atoms with Crippen LogP contribution in [0.25, 0.3) is 0 Å². The molecule has 0 saturated carbocycles. The average Bonchev–Trinajstić information content (AvgIpc) is 2.38.